The molecule has 1 aromatic rings. The summed E-state index contributed by atoms with van der Waals surface area (Å²) in [6.45, 7) is 0.589. The molecule has 8 heteroatoms. The summed E-state index contributed by atoms with van der Waals surface area (Å²) < 4.78 is 5.59. The number of unbranched alkanes of at least 4 members (excludes halogenated alkanes) is 6. The quantitative estimate of drug-likeness (QED) is 0.395. The molecule has 1 aliphatic heterocycles. The maximum Gasteiger partial charge on any atom is 0.335 e. The zero-order chi connectivity index (χ0) is 21.1. The molecule has 1 aromatic carbocycles. The fourth-order valence-corrected chi connectivity index (χ4v) is 2.94. The van der Waals surface area contributed by atoms with Crippen molar-refractivity contribution < 1.29 is 33.9 Å². The van der Waals surface area contributed by atoms with Crippen molar-refractivity contribution in [2.75, 3.05) is 6.61 Å². The van der Waals surface area contributed by atoms with Crippen molar-refractivity contribution in [2.45, 2.75) is 64.2 Å². The van der Waals surface area contributed by atoms with Crippen LogP contribution in [0.5, 0.6) is 5.75 Å². The molecule has 1 fully saturated rings. The van der Waals surface area contributed by atoms with Gasteiger partial charge in [0.05, 0.1) is 12.2 Å². The van der Waals surface area contributed by atoms with Gasteiger partial charge >= 0.3 is 11.9 Å². The molecule has 2 rings (SSSR count). The van der Waals surface area contributed by atoms with Crippen molar-refractivity contribution in [3.05, 3.63) is 29.8 Å². The minimum absolute atomic E-state index is 0.105. The maximum atomic E-state index is 11.7. The summed E-state index contributed by atoms with van der Waals surface area (Å²) in [7, 11) is 0. The van der Waals surface area contributed by atoms with Crippen LogP contribution in [0.4, 0.5) is 0 Å². The van der Waals surface area contributed by atoms with Gasteiger partial charge in [0.1, 0.15) is 5.75 Å². The van der Waals surface area contributed by atoms with Crippen molar-refractivity contribution in [2.24, 2.45) is 0 Å². The van der Waals surface area contributed by atoms with E-state index in [0.29, 0.717) is 23.8 Å². The first kappa shape index (κ1) is 22.4. The molecule has 0 radical (unpaired) electrons. The molecular weight excluding hydrogens is 378 g/mol. The van der Waals surface area contributed by atoms with Crippen LogP contribution in [0.25, 0.3) is 0 Å². The van der Waals surface area contributed by atoms with Gasteiger partial charge in [0.2, 0.25) is 0 Å². The monoisotopic (exact) mass is 405 g/mol. The highest BCUT2D eigenvalue weighted by Crippen LogP contribution is 2.15. The zero-order valence-electron chi connectivity index (χ0n) is 16.4. The van der Waals surface area contributed by atoms with Crippen LogP contribution in [0.15, 0.2) is 24.3 Å². The molecular formula is C21H27NO7. The Morgan fingerprint density at radius 2 is 1.41 bits per heavy atom. The zero-order valence-corrected chi connectivity index (χ0v) is 16.4. The van der Waals surface area contributed by atoms with Crippen LogP contribution in [-0.2, 0) is 19.2 Å². The van der Waals surface area contributed by atoms with Crippen molar-refractivity contribution >= 4 is 23.8 Å². The number of imide groups is 1. The van der Waals surface area contributed by atoms with Crippen LogP contribution in [0, 0.1) is 0 Å². The minimum atomic E-state index is -0.953. The number of ether oxygens (including phenoxy) is 1. The number of carbonyl (C=O) groups is 4. The molecule has 0 saturated carbocycles. The second-order valence-corrected chi connectivity index (χ2v) is 6.95. The van der Waals surface area contributed by atoms with E-state index < -0.39 is 23.8 Å². The highest BCUT2D eigenvalue weighted by atomic mass is 16.7. The van der Waals surface area contributed by atoms with Gasteiger partial charge in [-0.05, 0) is 37.1 Å². The molecule has 1 heterocycles. The number of aromatic carboxylic acids is 1. The van der Waals surface area contributed by atoms with Crippen LogP contribution in [-0.4, -0.2) is 40.5 Å². The third kappa shape index (κ3) is 7.93. The Morgan fingerprint density at radius 3 is 2.00 bits per heavy atom. The number of carboxylic acid groups (broad SMARTS) is 1. The van der Waals surface area contributed by atoms with E-state index in [0.717, 1.165) is 38.5 Å². The highest BCUT2D eigenvalue weighted by molar-refractivity contribution is 6.01. The fourth-order valence-electron chi connectivity index (χ4n) is 2.94. The van der Waals surface area contributed by atoms with Crippen LogP contribution in [0.1, 0.15) is 74.6 Å². The summed E-state index contributed by atoms with van der Waals surface area (Å²) in [5, 5.41) is 9.43. The predicted molar refractivity (Wildman–Crippen MR) is 103 cm³/mol. The lowest BCUT2D eigenvalue weighted by atomic mass is 10.1. The number of carboxylic acids is 1. The van der Waals surface area contributed by atoms with E-state index in [9.17, 15) is 19.2 Å². The molecule has 0 aromatic heterocycles. The van der Waals surface area contributed by atoms with Crippen LogP contribution in [0.3, 0.4) is 0 Å². The van der Waals surface area contributed by atoms with Gasteiger partial charge in [-0.3, -0.25) is 9.59 Å². The molecule has 0 spiro atoms. The fraction of sp³-hybridized carbons (Fsp3) is 0.524. The summed E-state index contributed by atoms with van der Waals surface area (Å²) >= 11 is 0. The van der Waals surface area contributed by atoms with Gasteiger partial charge in [-0.15, -0.1) is 5.06 Å². The second kappa shape index (κ2) is 11.8. The lowest BCUT2D eigenvalue weighted by molar-refractivity contribution is -0.197. The Kier molecular flexibility index (Phi) is 9.14. The third-order valence-electron chi connectivity index (χ3n) is 4.59. The smallest absolute Gasteiger partial charge is 0.335 e. The number of hydrogen-bond acceptors (Lipinski definition) is 6. The molecule has 29 heavy (non-hydrogen) atoms. The van der Waals surface area contributed by atoms with E-state index in [1.807, 2.05) is 0 Å². The van der Waals surface area contributed by atoms with Gasteiger partial charge in [-0.2, -0.15) is 0 Å². The highest BCUT2D eigenvalue weighted by Gasteiger charge is 2.32. The van der Waals surface area contributed by atoms with Crippen LogP contribution in [0.2, 0.25) is 0 Å². The summed E-state index contributed by atoms with van der Waals surface area (Å²) in [5.74, 6) is -1.74. The number of rotatable bonds is 13. The Bertz CT molecular complexity index is 698. The Morgan fingerprint density at radius 1 is 0.862 bits per heavy atom. The molecule has 0 unspecified atom stereocenters. The van der Waals surface area contributed by atoms with Crippen LogP contribution < -0.4 is 4.74 Å². The molecule has 8 nitrogen and oxygen atoms in total. The van der Waals surface area contributed by atoms with Gasteiger partial charge in [-0.25, -0.2) is 9.59 Å². The Hall–Kier alpha value is -2.90. The van der Waals surface area contributed by atoms with E-state index in [-0.39, 0.29) is 24.8 Å². The first-order chi connectivity index (χ1) is 14.0. The average molecular weight is 405 g/mol. The van der Waals surface area contributed by atoms with Crippen molar-refractivity contribution in [1.82, 2.24) is 5.06 Å². The van der Waals surface area contributed by atoms with E-state index >= 15 is 0 Å². The van der Waals surface area contributed by atoms with Gasteiger partial charge in [-0.1, -0.05) is 32.1 Å². The van der Waals surface area contributed by atoms with E-state index in [1.54, 1.807) is 12.1 Å². The SMILES string of the molecule is O=C(CCCCCCCCCOc1ccc(C(=O)O)cc1)ON1C(=O)CCC1=O. The predicted octanol–water partition coefficient (Wildman–Crippen LogP) is 3.49. The lowest BCUT2D eigenvalue weighted by Crippen LogP contribution is -2.31. The van der Waals surface area contributed by atoms with E-state index in [1.165, 1.54) is 12.1 Å². The lowest BCUT2D eigenvalue weighted by Gasteiger charge is -2.12. The summed E-state index contributed by atoms with van der Waals surface area (Å²) in [4.78, 5) is 50.0. The number of carbonyl (C=O) groups excluding carboxylic acids is 3. The van der Waals surface area contributed by atoms with Gasteiger partial charge < -0.3 is 14.7 Å². The van der Waals surface area contributed by atoms with Gasteiger partial charge in [0.15, 0.2) is 0 Å². The standard InChI is InChI=1S/C21H27NO7/c23-18-13-14-19(24)22(18)29-20(25)8-6-4-2-1-3-5-7-15-28-17-11-9-16(10-12-17)21(26)27/h9-12H,1-8,13-15H2,(H,26,27). The number of benzene rings is 1. The Balaban J connectivity index is 1.42. The van der Waals surface area contributed by atoms with E-state index in [4.69, 9.17) is 14.7 Å². The van der Waals surface area contributed by atoms with Crippen molar-refractivity contribution in [1.29, 1.82) is 0 Å². The molecule has 1 aliphatic rings. The topological polar surface area (TPSA) is 110 Å². The van der Waals surface area contributed by atoms with E-state index in [2.05, 4.69) is 0 Å². The Labute approximate surface area is 169 Å². The first-order valence-electron chi connectivity index (χ1n) is 10.00. The molecule has 2 amide bonds. The molecule has 0 atom stereocenters. The molecule has 0 aliphatic carbocycles. The largest absolute Gasteiger partial charge is 0.494 e. The third-order valence-corrected chi connectivity index (χ3v) is 4.59. The first-order valence-corrected chi connectivity index (χ1v) is 10.00. The van der Waals surface area contributed by atoms with Gasteiger partial charge in [0.25, 0.3) is 11.8 Å². The summed E-state index contributed by atoms with van der Waals surface area (Å²) in [5.41, 5.74) is 0.239. The molecule has 158 valence electrons. The number of amides is 2. The molecule has 1 N–H and O–H groups in total. The minimum Gasteiger partial charge on any atom is -0.494 e. The van der Waals surface area contributed by atoms with Crippen molar-refractivity contribution in [3.63, 3.8) is 0 Å². The number of hydrogen-bond donors (Lipinski definition) is 1. The second-order valence-electron chi connectivity index (χ2n) is 6.95. The average Bonchev–Trinajstić information content (AvgIpc) is 3.01. The summed E-state index contributed by atoms with van der Waals surface area (Å²) in [6, 6.07) is 6.36. The number of hydroxylamine groups is 2. The van der Waals surface area contributed by atoms with Crippen LogP contribution >= 0.6 is 0 Å². The maximum absolute atomic E-state index is 11.7. The van der Waals surface area contributed by atoms with Gasteiger partial charge in [0, 0.05) is 19.3 Å². The normalized spacial score (nSPS) is 13.6. The molecule has 0 bridgehead atoms. The number of nitrogens with zero attached hydrogens (tertiary/aromatic N) is 1. The van der Waals surface area contributed by atoms with Crippen molar-refractivity contribution in [3.8, 4) is 5.75 Å². The molecule has 1 saturated heterocycles. The summed E-state index contributed by atoms with van der Waals surface area (Å²) in [6.07, 6.45) is 7.07.